The molecule has 0 radical (unpaired) electrons. The van der Waals surface area contributed by atoms with Crippen molar-refractivity contribution in [2.45, 2.75) is 0 Å². The largest absolute Gasteiger partial charge is 0.497 e. The van der Waals surface area contributed by atoms with Crippen LogP contribution in [0.3, 0.4) is 0 Å². The van der Waals surface area contributed by atoms with Crippen molar-refractivity contribution < 1.29 is 9.47 Å². The minimum absolute atomic E-state index is 0.495. The number of nitrogens with zero attached hydrogens (tertiary/aromatic N) is 6. The molecule has 5 rings (SSSR count). The van der Waals surface area contributed by atoms with Crippen LogP contribution in [0.15, 0.2) is 54.7 Å². The Kier molecular flexibility index (Phi) is 5.60. The number of piperazine rings is 1. The fraction of sp³-hybridized carbons (Fsp3) is 0.292. The van der Waals surface area contributed by atoms with E-state index in [4.69, 9.17) is 19.4 Å². The van der Waals surface area contributed by atoms with Gasteiger partial charge in [0.2, 0.25) is 5.95 Å². The van der Waals surface area contributed by atoms with Crippen LogP contribution in [-0.2, 0) is 7.05 Å². The van der Waals surface area contributed by atoms with Crippen LogP contribution in [0.1, 0.15) is 0 Å². The maximum absolute atomic E-state index is 5.53. The topological polar surface area (TPSA) is 80.6 Å². The first kappa shape index (κ1) is 20.9. The molecule has 0 spiro atoms. The van der Waals surface area contributed by atoms with Crippen molar-refractivity contribution in [1.82, 2.24) is 19.7 Å². The molecule has 1 saturated heterocycles. The number of rotatable bonds is 6. The standard InChI is InChI=1S/C24H27N7O2/c1-29-22-19(16-25-29)23(31-13-11-30(12-14-31)17-7-5-4-6-8-17)28-24(27-22)26-20-10-9-18(32-2)15-21(20)33-3/h4-10,15-16H,11-14H2,1-3H3,(H,26,27,28). The lowest BCUT2D eigenvalue weighted by Crippen LogP contribution is -2.47. The van der Waals surface area contributed by atoms with Gasteiger partial charge < -0.3 is 24.6 Å². The Hall–Kier alpha value is -4.01. The Morgan fingerprint density at radius 3 is 2.36 bits per heavy atom. The molecule has 2 aromatic heterocycles. The maximum Gasteiger partial charge on any atom is 0.231 e. The Morgan fingerprint density at radius 2 is 1.64 bits per heavy atom. The fourth-order valence-electron chi connectivity index (χ4n) is 4.14. The summed E-state index contributed by atoms with van der Waals surface area (Å²) in [5.74, 6) is 2.75. The number of hydrogen-bond acceptors (Lipinski definition) is 8. The van der Waals surface area contributed by atoms with Crippen molar-refractivity contribution in [1.29, 1.82) is 0 Å². The van der Waals surface area contributed by atoms with Crippen molar-refractivity contribution in [3.05, 3.63) is 54.7 Å². The lowest BCUT2D eigenvalue weighted by Gasteiger charge is -2.37. The molecule has 0 amide bonds. The Balaban J connectivity index is 1.44. The first-order chi connectivity index (χ1) is 16.2. The van der Waals surface area contributed by atoms with Gasteiger partial charge in [0.15, 0.2) is 5.65 Å². The van der Waals surface area contributed by atoms with Gasteiger partial charge in [-0.2, -0.15) is 15.1 Å². The number of ether oxygens (including phenoxy) is 2. The van der Waals surface area contributed by atoms with E-state index in [-0.39, 0.29) is 0 Å². The maximum atomic E-state index is 5.53. The molecule has 1 fully saturated rings. The van der Waals surface area contributed by atoms with E-state index >= 15 is 0 Å². The van der Waals surface area contributed by atoms with E-state index in [0.717, 1.165) is 54.5 Å². The molecule has 0 unspecified atom stereocenters. The highest BCUT2D eigenvalue weighted by molar-refractivity contribution is 5.88. The molecule has 9 heteroatoms. The number of hydrogen-bond donors (Lipinski definition) is 1. The zero-order chi connectivity index (χ0) is 22.8. The first-order valence-corrected chi connectivity index (χ1v) is 10.9. The van der Waals surface area contributed by atoms with E-state index in [2.05, 4.69) is 44.5 Å². The minimum Gasteiger partial charge on any atom is -0.497 e. The fourth-order valence-corrected chi connectivity index (χ4v) is 4.14. The summed E-state index contributed by atoms with van der Waals surface area (Å²) in [6.45, 7) is 3.57. The highest BCUT2D eigenvalue weighted by Crippen LogP contribution is 2.33. The van der Waals surface area contributed by atoms with Crippen molar-refractivity contribution in [3.63, 3.8) is 0 Å². The number of methoxy groups -OCH3 is 2. The lowest BCUT2D eigenvalue weighted by molar-refractivity contribution is 0.395. The molecule has 0 bridgehead atoms. The van der Waals surface area contributed by atoms with Gasteiger partial charge in [-0.15, -0.1) is 0 Å². The van der Waals surface area contributed by atoms with Gasteiger partial charge in [0, 0.05) is 45.0 Å². The zero-order valence-corrected chi connectivity index (χ0v) is 19.0. The number of benzene rings is 2. The first-order valence-electron chi connectivity index (χ1n) is 10.9. The van der Waals surface area contributed by atoms with E-state index in [9.17, 15) is 0 Å². The summed E-state index contributed by atoms with van der Waals surface area (Å²) in [6, 6.07) is 16.1. The lowest BCUT2D eigenvalue weighted by atomic mass is 10.2. The number of aromatic nitrogens is 4. The molecule has 0 atom stereocenters. The third-order valence-electron chi connectivity index (χ3n) is 5.93. The van der Waals surface area contributed by atoms with E-state index in [1.165, 1.54) is 5.69 Å². The van der Waals surface area contributed by atoms with Crippen LogP contribution in [0.4, 0.5) is 23.1 Å². The third kappa shape index (κ3) is 4.09. The molecule has 170 valence electrons. The highest BCUT2D eigenvalue weighted by Gasteiger charge is 2.23. The molecule has 4 aromatic rings. The molecular formula is C24H27N7O2. The van der Waals surface area contributed by atoms with Crippen molar-refractivity contribution in [3.8, 4) is 11.5 Å². The number of fused-ring (bicyclic) bond motifs is 1. The Labute approximate surface area is 192 Å². The molecule has 1 aliphatic heterocycles. The Morgan fingerprint density at radius 1 is 0.879 bits per heavy atom. The highest BCUT2D eigenvalue weighted by atomic mass is 16.5. The summed E-state index contributed by atoms with van der Waals surface area (Å²) in [7, 11) is 5.15. The molecule has 9 nitrogen and oxygen atoms in total. The summed E-state index contributed by atoms with van der Waals surface area (Å²) in [4.78, 5) is 14.3. The van der Waals surface area contributed by atoms with Gasteiger partial charge in [-0.1, -0.05) is 18.2 Å². The molecular weight excluding hydrogens is 418 g/mol. The van der Waals surface area contributed by atoms with E-state index in [1.54, 1.807) is 18.9 Å². The van der Waals surface area contributed by atoms with Crippen LogP contribution in [0, 0.1) is 0 Å². The summed E-state index contributed by atoms with van der Waals surface area (Å²) >= 11 is 0. The molecule has 2 aromatic carbocycles. The van der Waals surface area contributed by atoms with Crippen molar-refractivity contribution in [2.24, 2.45) is 7.05 Å². The smallest absolute Gasteiger partial charge is 0.231 e. The van der Waals surface area contributed by atoms with Crippen molar-refractivity contribution in [2.75, 3.05) is 55.5 Å². The third-order valence-corrected chi connectivity index (χ3v) is 5.93. The SMILES string of the molecule is COc1ccc(Nc2nc(N3CCN(c4ccccc4)CC3)c3cnn(C)c3n2)c(OC)c1. The molecule has 33 heavy (non-hydrogen) atoms. The molecule has 3 heterocycles. The van der Waals surface area contributed by atoms with Crippen LogP contribution in [0.5, 0.6) is 11.5 Å². The quantitative estimate of drug-likeness (QED) is 0.483. The van der Waals surface area contributed by atoms with Gasteiger partial charge in [-0.05, 0) is 24.3 Å². The number of para-hydroxylation sites is 1. The monoisotopic (exact) mass is 445 g/mol. The average Bonchev–Trinajstić information content (AvgIpc) is 3.25. The van der Waals surface area contributed by atoms with Gasteiger partial charge >= 0.3 is 0 Å². The van der Waals surface area contributed by atoms with Gasteiger partial charge in [0.25, 0.3) is 0 Å². The minimum atomic E-state index is 0.495. The van der Waals surface area contributed by atoms with Crippen LogP contribution >= 0.6 is 0 Å². The molecule has 0 saturated carbocycles. The number of nitrogens with one attached hydrogen (secondary N) is 1. The molecule has 1 N–H and O–H groups in total. The second-order valence-electron chi connectivity index (χ2n) is 7.88. The van der Waals surface area contributed by atoms with E-state index < -0.39 is 0 Å². The predicted octanol–water partition coefficient (Wildman–Crippen LogP) is 3.45. The van der Waals surface area contributed by atoms with Crippen LogP contribution in [-0.4, -0.2) is 60.1 Å². The Bertz CT molecular complexity index is 1250. The second-order valence-corrected chi connectivity index (χ2v) is 7.88. The van der Waals surface area contributed by atoms with Gasteiger partial charge in [-0.3, -0.25) is 4.68 Å². The summed E-state index contributed by atoms with van der Waals surface area (Å²) < 4.78 is 12.6. The van der Waals surface area contributed by atoms with Crippen LogP contribution < -0.4 is 24.6 Å². The van der Waals surface area contributed by atoms with E-state index in [0.29, 0.717) is 11.7 Å². The molecule has 1 aliphatic rings. The average molecular weight is 446 g/mol. The van der Waals surface area contributed by atoms with Crippen molar-refractivity contribution >= 4 is 34.2 Å². The van der Waals surface area contributed by atoms with Gasteiger partial charge in [-0.25, -0.2) is 0 Å². The second kappa shape index (κ2) is 8.85. The van der Waals surface area contributed by atoms with Crippen LogP contribution in [0.25, 0.3) is 11.0 Å². The van der Waals surface area contributed by atoms with E-state index in [1.807, 2.05) is 37.5 Å². The van der Waals surface area contributed by atoms with Crippen LogP contribution in [0.2, 0.25) is 0 Å². The van der Waals surface area contributed by atoms with Gasteiger partial charge in [0.1, 0.15) is 17.3 Å². The summed E-state index contributed by atoms with van der Waals surface area (Å²) in [5.41, 5.74) is 2.79. The zero-order valence-electron chi connectivity index (χ0n) is 19.0. The number of anilines is 4. The normalized spacial score (nSPS) is 13.9. The molecule has 0 aliphatic carbocycles. The summed E-state index contributed by atoms with van der Waals surface area (Å²) in [6.07, 6.45) is 1.84. The number of aryl methyl sites for hydroxylation is 1. The summed E-state index contributed by atoms with van der Waals surface area (Å²) in [5, 5.41) is 8.69. The predicted molar refractivity (Wildman–Crippen MR) is 130 cm³/mol. The van der Waals surface area contributed by atoms with Gasteiger partial charge in [0.05, 0.1) is 31.5 Å².